The zero-order valence-corrected chi connectivity index (χ0v) is 10.5. The summed E-state index contributed by atoms with van der Waals surface area (Å²) in [6.45, 7) is 7.02. The number of aliphatic hydroxyl groups excluding tert-OH is 1. The van der Waals surface area contributed by atoms with Crippen molar-refractivity contribution in [1.29, 1.82) is 0 Å². The normalized spacial score (nSPS) is 37.5. The molecule has 0 aromatic rings. The summed E-state index contributed by atoms with van der Waals surface area (Å²) in [5.41, 5.74) is 0.112. The van der Waals surface area contributed by atoms with Crippen LogP contribution in [0.25, 0.3) is 0 Å². The molecule has 2 fully saturated rings. The second kappa shape index (κ2) is 5.48. The summed E-state index contributed by atoms with van der Waals surface area (Å²) in [5, 5.41) is 13.2. The molecule has 2 N–H and O–H groups in total. The monoisotopic (exact) mass is 226 g/mol. The number of hydrogen-bond acceptors (Lipinski definition) is 3. The van der Waals surface area contributed by atoms with Gasteiger partial charge in [-0.3, -0.25) is 4.90 Å². The van der Waals surface area contributed by atoms with Crippen LogP contribution in [-0.4, -0.2) is 48.3 Å². The molecule has 1 saturated carbocycles. The van der Waals surface area contributed by atoms with Crippen molar-refractivity contribution in [2.24, 2.45) is 5.92 Å². The van der Waals surface area contributed by atoms with Gasteiger partial charge in [0.25, 0.3) is 0 Å². The van der Waals surface area contributed by atoms with E-state index >= 15 is 0 Å². The van der Waals surface area contributed by atoms with Crippen LogP contribution in [0.2, 0.25) is 0 Å². The van der Waals surface area contributed by atoms with Gasteiger partial charge >= 0.3 is 0 Å². The van der Waals surface area contributed by atoms with Gasteiger partial charge in [0, 0.05) is 31.7 Å². The summed E-state index contributed by atoms with van der Waals surface area (Å²) in [4.78, 5) is 2.55. The molecule has 0 aromatic carbocycles. The quantitative estimate of drug-likeness (QED) is 0.759. The standard InChI is InChI=1S/C13H26N2O/c1-2-12-4-3-5-13(10-12,11-16)15-8-6-14-7-9-15/h12,14,16H,2-11H2,1H3. The molecule has 1 heterocycles. The molecule has 2 rings (SSSR count). The highest BCUT2D eigenvalue weighted by Crippen LogP contribution is 2.38. The zero-order chi connectivity index (χ0) is 11.4. The molecule has 2 unspecified atom stereocenters. The van der Waals surface area contributed by atoms with E-state index in [1.807, 2.05) is 0 Å². The van der Waals surface area contributed by atoms with Crippen molar-refractivity contribution in [2.75, 3.05) is 32.8 Å². The Balaban J connectivity index is 2.04. The Kier molecular flexibility index (Phi) is 4.22. The smallest absolute Gasteiger partial charge is 0.0615 e. The Morgan fingerprint density at radius 3 is 2.75 bits per heavy atom. The van der Waals surface area contributed by atoms with E-state index < -0.39 is 0 Å². The Bertz CT molecular complexity index is 216. The van der Waals surface area contributed by atoms with Crippen LogP contribution in [0, 0.1) is 5.92 Å². The molecule has 1 aliphatic heterocycles. The van der Waals surface area contributed by atoms with Crippen LogP contribution < -0.4 is 5.32 Å². The molecule has 0 aromatic heterocycles. The van der Waals surface area contributed by atoms with E-state index in [-0.39, 0.29) is 5.54 Å². The zero-order valence-electron chi connectivity index (χ0n) is 10.5. The maximum Gasteiger partial charge on any atom is 0.0615 e. The molecule has 3 heteroatoms. The summed E-state index contributed by atoms with van der Waals surface area (Å²) in [7, 11) is 0. The van der Waals surface area contributed by atoms with E-state index in [1.165, 1.54) is 32.1 Å². The van der Waals surface area contributed by atoms with Crippen LogP contribution in [0.3, 0.4) is 0 Å². The Morgan fingerprint density at radius 2 is 2.12 bits per heavy atom. The van der Waals surface area contributed by atoms with Gasteiger partial charge in [-0.15, -0.1) is 0 Å². The van der Waals surface area contributed by atoms with E-state index in [4.69, 9.17) is 0 Å². The summed E-state index contributed by atoms with van der Waals surface area (Å²) < 4.78 is 0. The summed E-state index contributed by atoms with van der Waals surface area (Å²) >= 11 is 0. The van der Waals surface area contributed by atoms with Gasteiger partial charge in [-0.1, -0.05) is 26.2 Å². The third-order valence-corrected chi connectivity index (χ3v) is 4.58. The molecule has 0 bridgehead atoms. The fourth-order valence-electron chi connectivity index (χ4n) is 3.48. The molecule has 2 atom stereocenters. The van der Waals surface area contributed by atoms with E-state index in [2.05, 4.69) is 17.1 Å². The van der Waals surface area contributed by atoms with Crippen molar-refractivity contribution in [3.05, 3.63) is 0 Å². The molecule has 3 nitrogen and oxygen atoms in total. The lowest BCUT2D eigenvalue weighted by atomic mass is 9.74. The third-order valence-electron chi connectivity index (χ3n) is 4.58. The highest BCUT2D eigenvalue weighted by atomic mass is 16.3. The largest absolute Gasteiger partial charge is 0.394 e. The van der Waals surface area contributed by atoms with Crippen molar-refractivity contribution in [2.45, 2.75) is 44.6 Å². The molecular formula is C13H26N2O. The first kappa shape index (κ1) is 12.3. The minimum absolute atomic E-state index is 0.112. The van der Waals surface area contributed by atoms with Crippen LogP contribution in [-0.2, 0) is 0 Å². The lowest BCUT2D eigenvalue weighted by molar-refractivity contribution is -0.0220. The van der Waals surface area contributed by atoms with Crippen LogP contribution in [0.5, 0.6) is 0 Å². The first-order chi connectivity index (χ1) is 7.80. The third kappa shape index (κ3) is 2.41. The van der Waals surface area contributed by atoms with Gasteiger partial charge in [0.05, 0.1) is 6.61 Å². The average Bonchev–Trinajstić information content (AvgIpc) is 2.39. The highest BCUT2D eigenvalue weighted by Gasteiger charge is 2.40. The Hall–Kier alpha value is -0.120. The van der Waals surface area contributed by atoms with Crippen molar-refractivity contribution in [1.82, 2.24) is 10.2 Å². The van der Waals surface area contributed by atoms with Gasteiger partial charge in [0.1, 0.15) is 0 Å². The molecule has 1 saturated heterocycles. The predicted octanol–water partition coefficient (Wildman–Crippen LogP) is 1.22. The van der Waals surface area contributed by atoms with E-state index in [9.17, 15) is 5.11 Å². The fraction of sp³-hybridized carbons (Fsp3) is 1.00. The topological polar surface area (TPSA) is 35.5 Å². The van der Waals surface area contributed by atoms with Gasteiger partial charge in [-0.05, 0) is 18.8 Å². The number of nitrogens with one attached hydrogen (secondary N) is 1. The van der Waals surface area contributed by atoms with Gasteiger partial charge < -0.3 is 10.4 Å². The first-order valence-electron chi connectivity index (χ1n) is 6.87. The minimum Gasteiger partial charge on any atom is -0.394 e. The van der Waals surface area contributed by atoms with Gasteiger partial charge in [-0.25, -0.2) is 0 Å². The number of aliphatic hydroxyl groups is 1. The second-order valence-electron chi connectivity index (χ2n) is 5.49. The van der Waals surface area contributed by atoms with Gasteiger partial charge in [0.15, 0.2) is 0 Å². The number of nitrogens with zero attached hydrogens (tertiary/aromatic N) is 1. The van der Waals surface area contributed by atoms with Crippen molar-refractivity contribution in [3.63, 3.8) is 0 Å². The summed E-state index contributed by atoms with van der Waals surface area (Å²) in [5.74, 6) is 0.829. The molecule has 16 heavy (non-hydrogen) atoms. The minimum atomic E-state index is 0.112. The summed E-state index contributed by atoms with van der Waals surface area (Å²) in [6, 6.07) is 0. The Morgan fingerprint density at radius 1 is 1.38 bits per heavy atom. The van der Waals surface area contributed by atoms with E-state index in [0.717, 1.165) is 32.1 Å². The van der Waals surface area contributed by atoms with Crippen LogP contribution >= 0.6 is 0 Å². The molecule has 1 aliphatic carbocycles. The average molecular weight is 226 g/mol. The lowest BCUT2D eigenvalue weighted by Gasteiger charge is -2.49. The van der Waals surface area contributed by atoms with E-state index in [0.29, 0.717) is 6.61 Å². The Labute approximate surface area is 99.2 Å². The lowest BCUT2D eigenvalue weighted by Crippen LogP contribution is -2.59. The first-order valence-corrected chi connectivity index (χ1v) is 6.87. The SMILES string of the molecule is CCC1CCCC(CO)(N2CCNCC2)C1. The van der Waals surface area contributed by atoms with Crippen molar-refractivity contribution in [3.8, 4) is 0 Å². The fourth-order valence-corrected chi connectivity index (χ4v) is 3.48. The molecule has 94 valence electrons. The van der Waals surface area contributed by atoms with Gasteiger partial charge in [0.2, 0.25) is 0 Å². The van der Waals surface area contributed by atoms with Crippen LogP contribution in [0.4, 0.5) is 0 Å². The number of piperazine rings is 1. The van der Waals surface area contributed by atoms with Crippen LogP contribution in [0.1, 0.15) is 39.0 Å². The number of rotatable bonds is 3. The molecule has 0 amide bonds. The molecule has 0 spiro atoms. The van der Waals surface area contributed by atoms with Gasteiger partial charge in [-0.2, -0.15) is 0 Å². The van der Waals surface area contributed by atoms with Crippen LogP contribution in [0.15, 0.2) is 0 Å². The predicted molar refractivity (Wildman–Crippen MR) is 66.5 cm³/mol. The van der Waals surface area contributed by atoms with Crippen molar-refractivity contribution < 1.29 is 5.11 Å². The summed E-state index contributed by atoms with van der Waals surface area (Å²) in [6.07, 6.45) is 6.33. The van der Waals surface area contributed by atoms with E-state index in [1.54, 1.807) is 0 Å². The molecular weight excluding hydrogens is 200 g/mol. The van der Waals surface area contributed by atoms with Crippen molar-refractivity contribution >= 4 is 0 Å². The molecule has 2 aliphatic rings. The second-order valence-corrected chi connectivity index (χ2v) is 5.49. The number of hydrogen-bond donors (Lipinski definition) is 2. The molecule has 0 radical (unpaired) electrons. The maximum atomic E-state index is 9.85. The highest BCUT2D eigenvalue weighted by molar-refractivity contribution is 4.96. The maximum absolute atomic E-state index is 9.85.